The molecule has 0 saturated carbocycles. The highest BCUT2D eigenvalue weighted by molar-refractivity contribution is 6.67. The maximum atomic E-state index is 13.5. The number of nitrogens with zero attached hydrogens (tertiary/aromatic N) is 2. The molecular weight excluding hydrogens is 707 g/mol. The van der Waals surface area contributed by atoms with E-state index in [9.17, 15) is 28.8 Å². The molecule has 0 radical (unpaired) electrons. The molecule has 0 aromatic heterocycles. The molecular formula is C29H27Cl3N2O14. The summed E-state index contributed by atoms with van der Waals surface area (Å²) in [5.41, 5.74) is -0.527. The van der Waals surface area contributed by atoms with Crippen molar-refractivity contribution in [3.05, 3.63) is 46.6 Å². The van der Waals surface area contributed by atoms with Crippen molar-refractivity contribution in [3.63, 3.8) is 0 Å². The summed E-state index contributed by atoms with van der Waals surface area (Å²) in [4.78, 5) is 85.4. The van der Waals surface area contributed by atoms with Gasteiger partial charge in [-0.1, -0.05) is 46.9 Å². The van der Waals surface area contributed by atoms with Gasteiger partial charge in [-0.3, -0.25) is 24.0 Å². The fourth-order valence-electron chi connectivity index (χ4n) is 4.53. The van der Waals surface area contributed by atoms with Crippen LogP contribution in [0.15, 0.2) is 45.6 Å². The summed E-state index contributed by atoms with van der Waals surface area (Å²) in [6.45, 7) is 2.72. The molecule has 3 aliphatic rings. The van der Waals surface area contributed by atoms with Crippen LogP contribution in [-0.2, 0) is 52.4 Å². The highest BCUT2D eigenvalue weighted by atomic mass is 35.6. The van der Waals surface area contributed by atoms with E-state index < -0.39 is 88.8 Å². The number of carbonyl (C=O) groups is 5. The first kappa shape index (κ1) is 36.6. The number of anilines is 1. The van der Waals surface area contributed by atoms with E-state index in [2.05, 4.69) is 4.98 Å². The van der Waals surface area contributed by atoms with Crippen molar-refractivity contribution in [1.29, 1.82) is 0 Å². The Morgan fingerprint density at radius 3 is 2.10 bits per heavy atom. The lowest BCUT2D eigenvalue weighted by Crippen LogP contribution is -2.64. The van der Waals surface area contributed by atoms with Crippen molar-refractivity contribution >= 4 is 81.6 Å². The van der Waals surface area contributed by atoms with Crippen molar-refractivity contribution < 1.29 is 61.6 Å². The second-order valence-electron chi connectivity index (χ2n) is 10.1. The number of aromatic nitrogens is 1. The van der Waals surface area contributed by atoms with E-state index in [0.29, 0.717) is 16.2 Å². The van der Waals surface area contributed by atoms with Crippen molar-refractivity contribution in [2.24, 2.45) is 0 Å². The van der Waals surface area contributed by atoms with Crippen LogP contribution >= 0.6 is 34.8 Å². The average Bonchev–Trinajstić information content (AvgIpc) is 2.98. The molecule has 1 fully saturated rings. The molecule has 258 valence electrons. The van der Waals surface area contributed by atoms with E-state index in [1.165, 1.54) is 0 Å². The molecule has 19 heteroatoms. The zero-order valence-corrected chi connectivity index (χ0v) is 27.8. The molecule has 2 heterocycles. The maximum absolute atomic E-state index is 13.5. The molecule has 48 heavy (non-hydrogen) atoms. The molecule has 4 rings (SSSR count). The smallest absolute Gasteiger partial charge is 0.439 e. The van der Waals surface area contributed by atoms with Crippen LogP contribution in [0.1, 0.15) is 27.7 Å². The number of halogens is 3. The Kier molecular flexibility index (Phi) is 11.7. The molecule has 1 aliphatic carbocycles. The second kappa shape index (κ2) is 15.3. The van der Waals surface area contributed by atoms with Crippen molar-refractivity contribution in [2.75, 3.05) is 18.3 Å². The van der Waals surface area contributed by atoms with Gasteiger partial charge in [-0.05, 0) is 18.2 Å². The zero-order valence-electron chi connectivity index (χ0n) is 25.5. The molecule has 0 spiro atoms. The van der Waals surface area contributed by atoms with Gasteiger partial charge in [-0.2, -0.15) is 0 Å². The lowest BCUT2D eigenvalue weighted by atomic mass is 9.98. The SMILES string of the molecule is CC(=O)OC[C@H]1O[C@@H](ON(C(=O)OCC(Cl)(Cl)Cl)c2cc3nc4ccccc4oc-3cc2=O)[C@H](OC(C)=O)[C@@H](OC(C)=O)[C@@H]1OC(C)=O. The normalized spacial score (nSPS) is 20.9. The summed E-state index contributed by atoms with van der Waals surface area (Å²) < 4.78 is 35.8. The monoisotopic (exact) mass is 732 g/mol. The number of ether oxygens (including phenoxy) is 6. The van der Waals surface area contributed by atoms with Gasteiger partial charge in [0.15, 0.2) is 29.7 Å². The lowest BCUT2D eigenvalue weighted by molar-refractivity contribution is -0.309. The predicted molar refractivity (Wildman–Crippen MR) is 164 cm³/mol. The van der Waals surface area contributed by atoms with Crippen LogP contribution in [0, 0.1) is 0 Å². The standard InChI is InChI=1S/C29H27Cl3N2O14/c1-13(35)41-11-23-24(43-14(2)36)25(44-15(3)37)26(45-16(4)38)27(47-23)48-34(28(40)42-12-29(30,31)32)19-9-18-22(10-20(19)39)46-21-8-6-5-7-17(21)33-18/h5-10,23-27H,11-12H2,1-4H3/t23-,24-,25+,26-,27+/m1/s1. The number of esters is 4. The van der Waals surface area contributed by atoms with Gasteiger partial charge in [0.25, 0.3) is 0 Å². The van der Waals surface area contributed by atoms with Gasteiger partial charge in [0.05, 0.1) is 0 Å². The van der Waals surface area contributed by atoms with Crippen molar-refractivity contribution in [2.45, 2.75) is 62.2 Å². The van der Waals surface area contributed by atoms with Gasteiger partial charge in [-0.25, -0.2) is 14.6 Å². The third kappa shape index (κ3) is 9.44. The summed E-state index contributed by atoms with van der Waals surface area (Å²) in [6, 6.07) is 8.84. The van der Waals surface area contributed by atoms with Crippen LogP contribution in [0.5, 0.6) is 0 Å². The van der Waals surface area contributed by atoms with Crippen LogP contribution in [0.2, 0.25) is 0 Å². The zero-order chi connectivity index (χ0) is 35.3. The summed E-state index contributed by atoms with van der Waals surface area (Å²) in [5, 5.41) is 0.316. The topological polar surface area (TPSA) is 196 Å². The fraction of sp³-hybridized carbons (Fsp3) is 0.414. The van der Waals surface area contributed by atoms with Gasteiger partial charge < -0.3 is 32.8 Å². The molecule has 1 aromatic carbocycles. The fourth-order valence-corrected chi connectivity index (χ4v) is 4.69. The Hall–Kier alpha value is -4.22. The molecule has 2 aliphatic heterocycles. The number of rotatable bonds is 9. The van der Waals surface area contributed by atoms with E-state index in [0.717, 1.165) is 39.8 Å². The summed E-state index contributed by atoms with van der Waals surface area (Å²) in [6.07, 6.45) is -9.80. The number of fused-ring (bicyclic) bond motifs is 2. The first-order chi connectivity index (χ1) is 22.5. The minimum atomic E-state index is -2.10. The van der Waals surface area contributed by atoms with E-state index >= 15 is 0 Å². The predicted octanol–water partition coefficient (Wildman–Crippen LogP) is 3.62. The first-order valence-electron chi connectivity index (χ1n) is 13.9. The molecule has 1 amide bonds. The summed E-state index contributed by atoms with van der Waals surface area (Å²) in [7, 11) is 0. The highest BCUT2D eigenvalue weighted by Gasteiger charge is 2.54. The largest absolute Gasteiger partial charge is 0.463 e. The Morgan fingerprint density at radius 1 is 0.854 bits per heavy atom. The van der Waals surface area contributed by atoms with Gasteiger partial charge in [0, 0.05) is 33.8 Å². The molecule has 5 atom stereocenters. The quantitative estimate of drug-likeness (QED) is 0.102. The Bertz CT molecular complexity index is 1730. The van der Waals surface area contributed by atoms with Gasteiger partial charge >= 0.3 is 30.0 Å². The van der Waals surface area contributed by atoms with E-state index in [1.54, 1.807) is 24.3 Å². The van der Waals surface area contributed by atoms with E-state index in [4.69, 9.17) is 72.5 Å². The van der Waals surface area contributed by atoms with Crippen LogP contribution < -0.4 is 10.5 Å². The molecule has 0 unspecified atom stereocenters. The molecule has 1 aromatic rings. The van der Waals surface area contributed by atoms with Gasteiger partial charge in [0.2, 0.25) is 15.5 Å². The number of alkyl halides is 3. The molecule has 0 bridgehead atoms. The number of amides is 1. The number of benzene rings is 2. The maximum Gasteiger partial charge on any atom is 0.439 e. The lowest BCUT2D eigenvalue weighted by Gasteiger charge is -2.44. The Balaban J connectivity index is 1.84. The Morgan fingerprint density at radius 2 is 1.48 bits per heavy atom. The number of para-hydroxylation sites is 2. The highest BCUT2D eigenvalue weighted by Crippen LogP contribution is 2.33. The number of hydroxylamine groups is 1. The third-order valence-corrected chi connectivity index (χ3v) is 6.60. The van der Waals surface area contributed by atoms with Crippen molar-refractivity contribution in [3.8, 4) is 11.5 Å². The minimum Gasteiger partial charge on any atom is -0.463 e. The van der Waals surface area contributed by atoms with Crippen LogP contribution in [0.4, 0.5) is 10.5 Å². The Labute approximate surface area is 286 Å². The number of hydrogen-bond donors (Lipinski definition) is 0. The van der Waals surface area contributed by atoms with Crippen LogP contribution in [0.25, 0.3) is 22.6 Å². The summed E-state index contributed by atoms with van der Waals surface area (Å²) >= 11 is 17.3. The minimum absolute atomic E-state index is 0.0457. The molecule has 16 nitrogen and oxygen atoms in total. The second-order valence-corrected chi connectivity index (χ2v) is 12.6. The number of hydrogen-bond acceptors (Lipinski definition) is 15. The van der Waals surface area contributed by atoms with E-state index in [1.807, 2.05) is 0 Å². The molecule has 1 saturated heterocycles. The van der Waals surface area contributed by atoms with Crippen LogP contribution in [-0.4, -0.2) is 82.7 Å². The average molecular weight is 734 g/mol. The summed E-state index contributed by atoms with van der Waals surface area (Å²) in [5.74, 6) is -3.46. The van der Waals surface area contributed by atoms with Crippen LogP contribution in [0.3, 0.4) is 0 Å². The van der Waals surface area contributed by atoms with Gasteiger partial charge in [-0.15, -0.1) is 5.06 Å². The number of carbonyl (C=O) groups excluding carboxylic acids is 5. The third-order valence-electron chi connectivity index (χ3n) is 6.27. The van der Waals surface area contributed by atoms with E-state index in [-0.39, 0.29) is 11.5 Å². The first-order valence-corrected chi connectivity index (χ1v) is 15.0. The van der Waals surface area contributed by atoms with Crippen molar-refractivity contribution in [1.82, 2.24) is 4.98 Å². The molecule has 0 N–H and O–H groups in total. The van der Waals surface area contributed by atoms with Gasteiger partial charge in [0.1, 0.15) is 36.2 Å².